The van der Waals surface area contributed by atoms with Crippen LogP contribution in [0.4, 0.5) is 5.69 Å². The van der Waals surface area contributed by atoms with Gasteiger partial charge in [-0.25, -0.2) is 0 Å². The highest BCUT2D eigenvalue weighted by Gasteiger charge is 2.45. The lowest BCUT2D eigenvalue weighted by molar-refractivity contribution is -0.138. The number of hydrogen-bond acceptors (Lipinski definition) is 18. The predicted molar refractivity (Wildman–Crippen MR) is 232 cm³/mol. The number of nitrogens with one attached hydrogen (secondary N) is 2. The summed E-state index contributed by atoms with van der Waals surface area (Å²) in [5.41, 5.74) is 0.366. The van der Waals surface area contributed by atoms with Gasteiger partial charge in [0.15, 0.2) is 0 Å². The Labute approximate surface area is 385 Å². The summed E-state index contributed by atoms with van der Waals surface area (Å²) < 4.78 is 65.3. The van der Waals surface area contributed by atoms with Crippen molar-refractivity contribution in [3.8, 4) is 0 Å². The van der Waals surface area contributed by atoms with Crippen LogP contribution in [-0.2, 0) is 76.0 Å². The molecule has 0 spiro atoms. The number of fused-ring (bicyclic) bond motifs is 1. The van der Waals surface area contributed by atoms with E-state index in [-0.39, 0.29) is 55.0 Å². The highest BCUT2D eigenvalue weighted by Crippen LogP contribution is 2.32. The molecule has 66 heavy (non-hydrogen) atoms. The summed E-state index contributed by atoms with van der Waals surface area (Å²) >= 11 is 0. The first-order chi connectivity index (χ1) is 32.3. The van der Waals surface area contributed by atoms with Crippen LogP contribution < -0.4 is 10.6 Å². The van der Waals surface area contributed by atoms with Gasteiger partial charge < -0.3 is 67.3 Å². The number of hydrogen-bond donors (Lipinski definition) is 3. The van der Waals surface area contributed by atoms with Crippen molar-refractivity contribution >= 4 is 41.2 Å². The number of benzene rings is 1. The molecule has 22 nitrogen and oxygen atoms in total. The van der Waals surface area contributed by atoms with Crippen LogP contribution in [0, 0.1) is 0 Å². The summed E-state index contributed by atoms with van der Waals surface area (Å²) in [6.07, 6.45) is 2.40. The van der Waals surface area contributed by atoms with Crippen molar-refractivity contribution in [3.05, 3.63) is 29.3 Å². The number of carboxylic acids is 1. The first-order valence-electron chi connectivity index (χ1n) is 22.6. The van der Waals surface area contributed by atoms with Gasteiger partial charge in [0.1, 0.15) is 6.04 Å². The van der Waals surface area contributed by atoms with Gasteiger partial charge in [0.25, 0.3) is 11.8 Å². The highest BCUT2D eigenvalue weighted by molar-refractivity contribution is 6.26. The first-order valence-corrected chi connectivity index (χ1v) is 22.6. The summed E-state index contributed by atoms with van der Waals surface area (Å²) in [6, 6.07) is 3.51. The summed E-state index contributed by atoms with van der Waals surface area (Å²) in [7, 11) is 0. The molecule has 2 aliphatic rings. The fourth-order valence-corrected chi connectivity index (χ4v) is 6.18. The number of imide groups is 2. The number of rotatable bonds is 44. The Morgan fingerprint density at radius 1 is 0.530 bits per heavy atom. The van der Waals surface area contributed by atoms with Crippen LogP contribution in [0.25, 0.3) is 0 Å². The maximum atomic E-state index is 13.2. The van der Waals surface area contributed by atoms with Crippen molar-refractivity contribution in [2.24, 2.45) is 0 Å². The second-order valence-corrected chi connectivity index (χ2v) is 14.5. The van der Waals surface area contributed by atoms with E-state index in [1.54, 1.807) is 12.1 Å². The molecule has 3 N–H and O–H groups in total. The van der Waals surface area contributed by atoms with Crippen molar-refractivity contribution in [2.75, 3.05) is 164 Å². The molecule has 2 heterocycles. The number of piperidine rings is 1. The number of ether oxygens (including phenoxy) is 12. The number of amides is 5. The van der Waals surface area contributed by atoms with Gasteiger partial charge in [0.05, 0.1) is 175 Å². The Bertz CT molecular complexity index is 1550. The zero-order chi connectivity index (χ0) is 47.3. The first kappa shape index (κ1) is 56.3. The molecule has 1 saturated heterocycles. The van der Waals surface area contributed by atoms with Crippen LogP contribution in [-0.4, -0.2) is 210 Å². The standard InChI is InChI=1S/C44H69N3O19/c48-38(45-36-6-4-5-35-41(36)44(54)47(43(35)53)37-8-9-39(49)46-42(37)52)7-2-1-3-11-55-13-15-57-17-19-59-21-23-61-25-27-63-29-31-65-33-34-66-32-30-64-28-26-62-24-22-60-20-18-58-16-14-56-12-10-40(50)51/h4-6,37H,1-3,7-34H2,(H,45,48)(H,50,51)(H,46,49,52). The molecule has 3 rings (SSSR count). The minimum Gasteiger partial charge on any atom is -0.481 e. The lowest BCUT2D eigenvalue weighted by Crippen LogP contribution is -2.54. The molecule has 22 heteroatoms. The molecule has 1 aromatic carbocycles. The van der Waals surface area contributed by atoms with Crippen LogP contribution in [0.3, 0.4) is 0 Å². The number of carbonyl (C=O) groups excluding carboxylic acids is 5. The van der Waals surface area contributed by atoms with E-state index >= 15 is 0 Å². The third kappa shape index (κ3) is 25.2. The minimum absolute atomic E-state index is 0.0151. The van der Waals surface area contributed by atoms with Gasteiger partial charge in [-0.2, -0.15) is 0 Å². The maximum Gasteiger partial charge on any atom is 0.305 e. The molecule has 1 unspecified atom stereocenters. The normalized spacial score (nSPS) is 14.8. The third-order valence-electron chi connectivity index (χ3n) is 9.49. The molecule has 0 saturated carbocycles. The Balaban J connectivity index is 0.967. The van der Waals surface area contributed by atoms with E-state index in [1.807, 2.05) is 0 Å². The second-order valence-electron chi connectivity index (χ2n) is 14.5. The quantitative estimate of drug-likeness (QED) is 0.0614. The summed E-state index contributed by atoms with van der Waals surface area (Å²) in [5, 5.41) is 13.4. The van der Waals surface area contributed by atoms with Crippen LogP contribution in [0.15, 0.2) is 18.2 Å². The minimum atomic E-state index is -1.08. The molecule has 1 atom stereocenters. The van der Waals surface area contributed by atoms with Gasteiger partial charge in [-0.1, -0.05) is 12.5 Å². The maximum absolute atomic E-state index is 13.2. The lowest BCUT2D eigenvalue weighted by Gasteiger charge is -2.27. The number of anilines is 1. The number of carbonyl (C=O) groups is 6. The van der Waals surface area contributed by atoms with Crippen molar-refractivity contribution in [3.63, 3.8) is 0 Å². The molecule has 0 aromatic heterocycles. The molecule has 1 fully saturated rings. The Kier molecular flexibility index (Phi) is 31.6. The van der Waals surface area contributed by atoms with E-state index < -0.39 is 35.6 Å². The number of carboxylic acid groups (broad SMARTS) is 1. The zero-order valence-electron chi connectivity index (χ0n) is 38.0. The van der Waals surface area contributed by atoms with Crippen molar-refractivity contribution in [1.29, 1.82) is 0 Å². The lowest BCUT2D eigenvalue weighted by atomic mass is 10.0. The Morgan fingerprint density at radius 2 is 0.939 bits per heavy atom. The number of nitrogens with zero attached hydrogens (tertiary/aromatic N) is 1. The Morgan fingerprint density at radius 3 is 1.35 bits per heavy atom. The van der Waals surface area contributed by atoms with Crippen molar-refractivity contribution in [1.82, 2.24) is 10.2 Å². The van der Waals surface area contributed by atoms with Crippen LogP contribution in [0.5, 0.6) is 0 Å². The van der Waals surface area contributed by atoms with Crippen LogP contribution in [0.2, 0.25) is 0 Å². The molecule has 5 amide bonds. The summed E-state index contributed by atoms with van der Waals surface area (Å²) in [4.78, 5) is 74.0. The molecular formula is C44H69N3O19. The topological polar surface area (TPSA) is 261 Å². The fraction of sp³-hybridized carbons (Fsp3) is 0.727. The molecule has 0 bridgehead atoms. The van der Waals surface area contributed by atoms with E-state index in [1.165, 1.54) is 6.07 Å². The molecule has 0 aliphatic carbocycles. The largest absolute Gasteiger partial charge is 0.481 e. The van der Waals surface area contributed by atoms with Gasteiger partial charge in [-0.15, -0.1) is 0 Å². The molecule has 2 aliphatic heterocycles. The summed E-state index contributed by atoms with van der Waals surface area (Å²) in [6.45, 7) is 10.5. The number of aliphatic carboxylic acids is 1. The van der Waals surface area contributed by atoms with E-state index in [4.69, 9.17) is 61.9 Å². The zero-order valence-corrected chi connectivity index (χ0v) is 38.0. The highest BCUT2D eigenvalue weighted by atomic mass is 16.6. The molecule has 0 radical (unpaired) electrons. The van der Waals surface area contributed by atoms with E-state index in [9.17, 15) is 28.8 Å². The van der Waals surface area contributed by atoms with Gasteiger partial charge in [0, 0.05) is 19.4 Å². The number of unbranched alkanes of at least 4 members (excludes halogenated alkanes) is 2. The Hall–Kier alpha value is -4.04. The van der Waals surface area contributed by atoms with Gasteiger partial charge in [0.2, 0.25) is 17.7 Å². The molecule has 374 valence electrons. The third-order valence-corrected chi connectivity index (χ3v) is 9.49. The van der Waals surface area contributed by atoms with Gasteiger partial charge in [-0.05, 0) is 31.4 Å². The smallest absolute Gasteiger partial charge is 0.305 e. The molecule has 1 aromatic rings. The van der Waals surface area contributed by atoms with E-state index in [2.05, 4.69) is 10.6 Å². The van der Waals surface area contributed by atoms with E-state index in [0.29, 0.717) is 158 Å². The van der Waals surface area contributed by atoms with Gasteiger partial charge in [-0.3, -0.25) is 39.0 Å². The monoisotopic (exact) mass is 943 g/mol. The summed E-state index contributed by atoms with van der Waals surface area (Å²) in [5.74, 6) is -3.63. The molecular weight excluding hydrogens is 874 g/mol. The average Bonchev–Trinajstić information content (AvgIpc) is 3.55. The van der Waals surface area contributed by atoms with Crippen molar-refractivity contribution < 1.29 is 90.7 Å². The SMILES string of the molecule is O=C(O)CCOCCOCCOCCOCCOCCOCCOCCOCCOCCOCCOCCOCCCCCC(=O)Nc1cccc2c1C(=O)N(C1CCC(=O)NC1=O)C2=O. The van der Waals surface area contributed by atoms with Crippen LogP contribution in [0.1, 0.15) is 65.7 Å². The average molecular weight is 944 g/mol. The van der Waals surface area contributed by atoms with E-state index in [0.717, 1.165) is 17.7 Å². The fourth-order valence-electron chi connectivity index (χ4n) is 6.18. The van der Waals surface area contributed by atoms with Crippen molar-refractivity contribution in [2.45, 2.75) is 51.0 Å². The second kappa shape index (κ2) is 37.0. The van der Waals surface area contributed by atoms with Gasteiger partial charge >= 0.3 is 5.97 Å². The predicted octanol–water partition coefficient (Wildman–Crippen LogP) is 1.26. The van der Waals surface area contributed by atoms with Crippen LogP contribution >= 0.6 is 0 Å².